The van der Waals surface area contributed by atoms with Crippen molar-refractivity contribution in [1.82, 2.24) is 0 Å². The molecule has 0 spiro atoms. The van der Waals surface area contributed by atoms with Gasteiger partial charge in [-0.1, -0.05) is 24.3 Å². The molecule has 0 heterocycles. The first-order valence-electron chi connectivity index (χ1n) is 3.71. The summed E-state index contributed by atoms with van der Waals surface area (Å²) in [7, 11) is 0. The molecule has 0 aromatic rings. The molecule has 0 saturated heterocycles. The fourth-order valence-corrected chi connectivity index (χ4v) is 1.26. The monoisotopic (exact) mass is 122 g/mol. The zero-order valence-corrected chi connectivity index (χ0v) is 6.01. The molecule has 0 N–H and O–H groups in total. The van der Waals surface area contributed by atoms with Crippen LogP contribution in [0.15, 0.2) is 24.3 Å². The summed E-state index contributed by atoms with van der Waals surface area (Å²) in [6.07, 6.45) is 12.9. The van der Waals surface area contributed by atoms with Crippen LogP contribution in [0.2, 0.25) is 0 Å². The molecule has 0 fully saturated rings. The molecule has 0 bridgehead atoms. The molecule has 1 aliphatic rings. The molecule has 0 radical (unpaired) electrons. The zero-order valence-electron chi connectivity index (χ0n) is 6.01. The van der Waals surface area contributed by atoms with Gasteiger partial charge in [0.1, 0.15) is 0 Å². The Morgan fingerprint density at radius 2 is 2.33 bits per heavy atom. The van der Waals surface area contributed by atoms with Gasteiger partial charge >= 0.3 is 0 Å². The van der Waals surface area contributed by atoms with Crippen LogP contribution in [0.4, 0.5) is 0 Å². The van der Waals surface area contributed by atoms with E-state index in [9.17, 15) is 0 Å². The lowest BCUT2D eigenvalue weighted by molar-refractivity contribution is 0.583. The van der Waals surface area contributed by atoms with Crippen molar-refractivity contribution in [2.24, 2.45) is 5.92 Å². The first kappa shape index (κ1) is 6.60. The molecular weight excluding hydrogens is 108 g/mol. The van der Waals surface area contributed by atoms with Gasteiger partial charge in [0.15, 0.2) is 0 Å². The highest BCUT2D eigenvalue weighted by Crippen LogP contribution is 2.18. The molecule has 0 aromatic heterocycles. The molecule has 50 valence electrons. The summed E-state index contributed by atoms with van der Waals surface area (Å²) in [6, 6.07) is 0. The summed E-state index contributed by atoms with van der Waals surface area (Å²) in [5.41, 5.74) is 0. The number of allylic oxidation sites excluding steroid dienone is 4. The van der Waals surface area contributed by atoms with Gasteiger partial charge in [0.05, 0.1) is 0 Å². The molecular formula is C9H14. The third-order valence-electron chi connectivity index (χ3n) is 1.77. The second-order valence-corrected chi connectivity index (χ2v) is 2.57. The van der Waals surface area contributed by atoms with E-state index in [1.54, 1.807) is 0 Å². The summed E-state index contributed by atoms with van der Waals surface area (Å²) in [5, 5.41) is 0. The van der Waals surface area contributed by atoms with E-state index in [2.05, 4.69) is 31.2 Å². The Morgan fingerprint density at radius 1 is 1.44 bits per heavy atom. The van der Waals surface area contributed by atoms with Crippen molar-refractivity contribution in [3.05, 3.63) is 24.3 Å². The van der Waals surface area contributed by atoms with E-state index in [1.165, 1.54) is 19.3 Å². The lowest BCUT2D eigenvalue weighted by atomic mass is 9.94. The fourth-order valence-electron chi connectivity index (χ4n) is 1.26. The number of hydrogen-bond acceptors (Lipinski definition) is 0. The van der Waals surface area contributed by atoms with E-state index in [0.717, 1.165) is 5.92 Å². The second-order valence-electron chi connectivity index (χ2n) is 2.57. The third kappa shape index (κ3) is 2.05. The van der Waals surface area contributed by atoms with Crippen LogP contribution in [-0.4, -0.2) is 0 Å². The van der Waals surface area contributed by atoms with Crippen LogP contribution < -0.4 is 0 Å². The topological polar surface area (TPSA) is 0 Å². The molecule has 0 amide bonds. The Balaban J connectivity index is 2.35. The maximum atomic E-state index is 2.31. The predicted molar refractivity (Wildman–Crippen MR) is 41.3 cm³/mol. The van der Waals surface area contributed by atoms with Crippen molar-refractivity contribution >= 4 is 0 Å². The molecule has 1 unspecified atom stereocenters. The van der Waals surface area contributed by atoms with Crippen LogP contribution in [0.1, 0.15) is 26.2 Å². The van der Waals surface area contributed by atoms with Gasteiger partial charge in [-0.15, -0.1) is 0 Å². The van der Waals surface area contributed by atoms with Gasteiger partial charge in [-0.25, -0.2) is 0 Å². The minimum Gasteiger partial charge on any atom is -0.0914 e. The average molecular weight is 122 g/mol. The molecule has 1 aliphatic carbocycles. The van der Waals surface area contributed by atoms with Gasteiger partial charge in [-0.2, -0.15) is 0 Å². The van der Waals surface area contributed by atoms with Gasteiger partial charge in [-0.05, 0) is 32.1 Å². The van der Waals surface area contributed by atoms with Gasteiger partial charge in [0.25, 0.3) is 0 Å². The largest absolute Gasteiger partial charge is 0.0914 e. The van der Waals surface area contributed by atoms with Crippen LogP contribution in [0.25, 0.3) is 0 Å². The van der Waals surface area contributed by atoms with E-state index >= 15 is 0 Å². The summed E-state index contributed by atoms with van der Waals surface area (Å²) >= 11 is 0. The zero-order chi connectivity index (χ0) is 6.53. The number of hydrogen-bond donors (Lipinski definition) is 0. The molecule has 0 aromatic carbocycles. The van der Waals surface area contributed by atoms with Crippen molar-refractivity contribution in [3.8, 4) is 0 Å². The summed E-state index contributed by atoms with van der Waals surface area (Å²) in [5.74, 6) is 0.833. The van der Waals surface area contributed by atoms with Crippen LogP contribution in [0.3, 0.4) is 0 Å². The highest BCUT2D eigenvalue weighted by molar-refractivity contribution is 4.97. The van der Waals surface area contributed by atoms with E-state index in [4.69, 9.17) is 0 Å². The molecule has 0 heteroatoms. The maximum Gasteiger partial charge on any atom is -0.0196 e. The number of rotatable bonds is 1. The van der Waals surface area contributed by atoms with Crippen LogP contribution in [0, 0.1) is 5.92 Å². The van der Waals surface area contributed by atoms with Crippen LogP contribution in [-0.2, 0) is 0 Å². The lowest BCUT2D eigenvalue weighted by Gasteiger charge is -2.11. The van der Waals surface area contributed by atoms with Crippen molar-refractivity contribution < 1.29 is 0 Å². The molecule has 0 aliphatic heterocycles. The quantitative estimate of drug-likeness (QED) is 0.469. The smallest absolute Gasteiger partial charge is 0.0196 e. The Bertz CT molecular complexity index is 120. The second kappa shape index (κ2) is 3.49. The van der Waals surface area contributed by atoms with Crippen LogP contribution in [0.5, 0.6) is 0 Å². The van der Waals surface area contributed by atoms with Crippen LogP contribution >= 0.6 is 0 Å². The standard InChI is InChI=1S/C9H14/c1-2-6-9-7-4-3-5-8-9/h2-4,6,9H,5,7-8H2,1H3/b6-2+. The summed E-state index contributed by atoms with van der Waals surface area (Å²) in [6.45, 7) is 2.10. The van der Waals surface area contributed by atoms with Gasteiger partial charge < -0.3 is 0 Å². The Labute approximate surface area is 57.3 Å². The highest BCUT2D eigenvalue weighted by atomic mass is 14.1. The first-order valence-corrected chi connectivity index (χ1v) is 3.71. The molecule has 1 rings (SSSR count). The van der Waals surface area contributed by atoms with E-state index in [0.29, 0.717) is 0 Å². The van der Waals surface area contributed by atoms with Crippen molar-refractivity contribution in [3.63, 3.8) is 0 Å². The summed E-state index contributed by atoms with van der Waals surface area (Å²) < 4.78 is 0. The third-order valence-corrected chi connectivity index (χ3v) is 1.77. The minimum absolute atomic E-state index is 0.833. The molecule has 0 nitrogen and oxygen atoms in total. The normalized spacial score (nSPS) is 27.4. The van der Waals surface area contributed by atoms with E-state index in [-0.39, 0.29) is 0 Å². The molecule has 1 atom stereocenters. The van der Waals surface area contributed by atoms with Crippen molar-refractivity contribution in [2.45, 2.75) is 26.2 Å². The Kier molecular flexibility index (Phi) is 2.56. The minimum atomic E-state index is 0.833. The fraction of sp³-hybridized carbons (Fsp3) is 0.556. The molecule has 0 saturated carbocycles. The van der Waals surface area contributed by atoms with Crippen molar-refractivity contribution in [2.75, 3.05) is 0 Å². The Hall–Kier alpha value is -0.520. The predicted octanol–water partition coefficient (Wildman–Crippen LogP) is 2.92. The lowest BCUT2D eigenvalue weighted by Crippen LogP contribution is -1.97. The maximum absolute atomic E-state index is 2.31. The molecule has 9 heavy (non-hydrogen) atoms. The SMILES string of the molecule is C/C=C/C1CC=CCC1. The average Bonchev–Trinajstić information content (AvgIpc) is 1.91. The van der Waals surface area contributed by atoms with E-state index in [1.807, 2.05) is 0 Å². The van der Waals surface area contributed by atoms with E-state index < -0.39 is 0 Å². The van der Waals surface area contributed by atoms with Crippen molar-refractivity contribution in [1.29, 1.82) is 0 Å². The highest BCUT2D eigenvalue weighted by Gasteiger charge is 2.03. The van der Waals surface area contributed by atoms with Gasteiger partial charge in [0, 0.05) is 0 Å². The first-order chi connectivity index (χ1) is 4.43. The summed E-state index contributed by atoms with van der Waals surface area (Å²) in [4.78, 5) is 0. The van der Waals surface area contributed by atoms with Gasteiger partial charge in [-0.3, -0.25) is 0 Å². The van der Waals surface area contributed by atoms with Gasteiger partial charge in [0.2, 0.25) is 0 Å². The Morgan fingerprint density at radius 3 is 2.89 bits per heavy atom.